The number of ether oxygens (including phenoxy) is 2. The Morgan fingerprint density at radius 2 is 1.85 bits per heavy atom. The highest BCUT2D eigenvalue weighted by molar-refractivity contribution is 5.85. The lowest BCUT2D eigenvalue weighted by Crippen LogP contribution is -2.48. The number of hydrogen-bond donors (Lipinski definition) is 2. The maximum absolute atomic E-state index is 12.1. The summed E-state index contributed by atoms with van der Waals surface area (Å²) < 4.78 is 10.8. The van der Waals surface area contributed by atoms with E-state index in [1.54, 1.807) is 7.11 Å². The molecule has 2 bridgehead atoms. The number of carbonyl (C=O) groups excluding carboxylic acids is 1. The highest BCUT2D eigenvalue weighted by atomic mass is 35.5. The van der Waals surface area contributed by atoms with Gasteiger partial charge in [0.15, 0.2) is 0 Å². The largest absolute Gasteiger partial charge is 0.494 e. The number of fused-ring (bicyclic) bond motifs is 2. The van der Waals surface area contributed by atoms with Gasteiger partial charge < -0.3 is 20.1 Å². The number of hydrogen-bond acceptors (Lipinski definition) is 4. The van der Waals surface area contributed by atoms with E-state index in [1.165, 1.54) is 18.4 Å². The minimum atomic E-state index is 0. The van der Waals surface area contributed by atoms with Gasteiger partial charge in [0.25, 0.3) is 0 Å². The van der Waals surface area contributed by atoms with Crippen LogP contribution in [0.4, 0.5) is 0 Å². The Hall–Kier alpha value is -1.30. The van der Waals surface area contributed by atoms with Gasteiger partial charge in [-0.1, -0.05) is 12.1 Å². The highest BCUT2D eigenvalue weighted by Crippen LogP contribution is 2.26. The van der Waals surface area contributed by atoms with Crippen molar-refractivity contribution in [2.24, 2.45) is 0 Å². The van der Waals surface area contributed by atoms with Crippen LogP contribution in [-0.4, -0.2) is 44.4 Å². The smallest absolute Gasteiger partial charge is 0.220 e. The topological polar surface area (TPSA) is 59.6 Å². The molecule has 2 unspecified atom stereocenters. The van der Waals surface area contributed by atoms with Gasteiger partial charge in [-0.25, -0.2) is 0 Å². The van der Waals surface area contributed by atoms with Crippen LogP contribution in [0.25, 0.3) is 0 Å². The quantitative estimate of drug-likeness (QED) is 0.645. The molecule has 2 fully saturated rings. The Balaban J connectivity index is 0.00000243. The van der Waals surface area contributed by atoms with Crippen LogP contribution in [0.3, 0.4) is 0 Å². The first-order valence-corrected chi connectivity index (χ1v) is 9.49. The van der Waals surface area contributed by atoms with Gasteiger partial charge >= 0.3 is 0 Å². The molecule has 0 aromatic heterocycles. The molecule has 2 N–H and O–H groups in total. The maximum atomic E-state index is 12.1. The number of rotatable bonds is 9. The zero-order chi connectivity index (χ0) is 17.5. The van der Waals surface area contributed by atoms with Crippen molar-refractivity contribution in [1.29, 1.82) is 0 Å². The molecule has 1 amide bonds. The molecule has 5 nitrogen and oxygen atoms in total. The molecule has 6 heteroatoms. The minimum Gasteiger partial charge on any atom is -0.494 e. The van der Waals surface area contributed by atoms with Crippen molar-refractivity contribution in [2.75, 3.05) is 20.3 Å². The number of piperidine rings is 1. The number of benzene rings is 1. The van der Waals surface area contributed by atoms with Crippen LogP contribution in [0.2, 0.25) is 0 Å². The summed E-state index contributed by atoms with van der Waals surface area (Å²) in [6.07, 6.45) is 6.86. The SMILES string of the molecule is COCCc1ccc(OCCCC(=O)NC2CC3CCC(C2)N3)cc1.Cl. The molecule has 26 heavy (non-hydrogen) atoms. The maximum Gasteiger partial charge on any atom is 0.220 e. The molecule has 0 saturated carbocycles. The molecule has 0 radical (unpaired) electrons. The third kappa shape index (κ3) is 6.45. The number of amides is 1. The molecule has 1 aromatic rings. The average Bonchev–Trinajstić information content (AvgIpc) is 2.96. The van der Waals surface area contributed by atoms with Gasteiger partial charge in [0.1, 0.15) is 5.75 Å². The molecule has 3 rings (SSSR count). The van der Waals surface area contributed by atoms with E-state index in [2.05, 4.69) is 22.8 Å². The fourth-order valence-electron chi connectivity index (χ4n) is 3.87. The van der Waals surface area contributed by atoms with E-state index in [0.717, 1.165) is 38.0 Å². The van der Waals surface area contributed by atoms with Crippen LogP contribution in [0.15, 0.2) is 24.3 Å². The average molecular weight is 383 g/mol. The fraction of sp³-hybridized carbons (Fsp3) is 0.650. The molecular weight excluding hydrogens is 352 g/mol. The zero-order valence-electron chi connectivity index (χ0n) is 15.5. The van der Waals surface area contributed by atoms with Crippen LogP contribution in [0.5, 0.6) is 5.75 Å². The van der Waals surface area contributed by atoms with E-state index in [9.17, 15) is 4.79 Å². The molecule has 2 heterocycles. The molecule has 2 aliphatic heterocycles. The molecular formula is C20H31ClN2O3. The van der Waals surface area contributed by atoms with Gasteiger partial charge in [-0.05, 0) is 56.2 Å². The molecule has 0 spiro atoms. The minimum absolute atomic E-state index is 0. The van der Waals surface area contributed by atoms with Gasteiger partial charge in [-0.2, -0.15) is 0 Å². The van der Waals surface area contributed by atoms with Crippen LogP contribution >= 0.6 is 12.4 Å². The summed E-state index contributed by atoms with van der Waals surface area (Å²) in [4.78, 5) is 12.1. The normalized spacial score (nSPS) is 24.0. The Kier molecular flexibility index (Phi) is 8.69. The van der Waals surface area contributed by atoms with Crippen LogP contribution < -0.4 is 15.4 Å². The van der Waals surface area contributed by atoms with Crippen LogP contribution in [-0.2, 0) is 16.0 Å². The van der Waals surface area contributed by atoms with Crippen LogP contribution in [0.1, 0.15) is 44.1 Å². The standard InChI is InChI=1S/C20H30N2O3.ClH/c1-24-12-10-15-4-8-19(9-5-15)25-11-2-3-20(23)22-18-13-16-6-7-17(14-18)21-16;/h4-5,8-9,16-18,21H,2-3,6-7,10-14H2,1H3,(H,22,23);1H. The van der Waals surface area contributed by atoms with Gasteiger partial charge in [0, 0.05) is 31.7 Å². The van der Waals surface area contributed by atoms with Gasteiger partial charge in [-0.15, -0.1) is 12.4 Å². The van der Waals surface area contributed by atoms with Gasteiger partial charge in [0.05, 0.1) is 13.2 Å². The molecule has 2 aliphatic rings. The first-order valence-electron chi connectivity index (χ1n) is 9.49. The summed E-state index contributed by atoms with van der Waals surface area (Å²) >= 11 is 0. The Morgan fingerprint density at radius 3 is 2.50 bits per heavy atom. The molecule has 2 atom stereocenters. The van der Waals surface area contributed by atoms with Gasteiger partial charge in [-0.3, -0.25) is 4.79 Å². The lowest BCUT2D eigenvalue weighted by molar-refractivity contribution is -0.122. The van der Waals surface area contributed by atoms with Crippen molar-refractivity contribution in [3.8, 4) is 5.75 Å². The second-order valence-electron chi connectivity index (χ2n) is 7.21. The van der Waals surface area contributed by atoms with Crippen molar-refractivity contribution in [2.45, 2.75) is 63.1 Å². The number of carbonyl (C=O) groups is 1. The van der Waals surface area contributed by atoms with Crippen molar-refractivity contribution in [3.05, 3.63) is 29.8 Å². The predicted octanol–water partition coefficient (Wildman–Crippen LogP) is 2.86. The van der Waals surface area contributed by atoms with Gasteiger partial charge in [0.2, 0.25) is 5.91 Å². The molecule has 1 aromatic carbocycles. The summed E-state index contributed by atoms with van der Waals surface area (Å²) in [5, 5.41) is 6.80. The monoisotopic (exact) mass is 382 g/mol. The summed E-state index contributed by atoms with van der Waals surface area (Å²) in [5.41, 5.74) is 1.24. The number of nitrogens with one attached hydrogen (secondary N) is 2. The van der Waals surface area contributed by atoms with Crippen molar-refractivity contribution in [3.63, 3.8) is 0 Å². The molecule has 0 aliphatic carbocycles. The summed E-state index contributed by atoms with van der Waals surface area (Å²) in [6, 6.07) is 9.66. The van der Waals surface area contributed by atoms with Crippen molar-refractivity contribution >= 4 is 18.3 Å². The Morgan fingerprint density at radius 1 is 1.15 bits per heavy atom. The summed E-state index contributed by atoms with van der Waals surface area (Å²) in [6.45, 7) is 1.30. The number of halogens is 1. The first-order chi connectivity index (χ1) is 12.2. The van der Waals surface area contributed by atoms with E-state index in [4.69, 9.17) is 9.47 Å². The van der Waals surface area contributed by atoms with Crippen molar-refractivity contribution in [1.82, 2.24) is 10.6 Å². The van der Waals surface area contributed by atoms with Crippen LogP contribution in [0, 0.1) is 0 Å². The lowest BCUT2D eigenvalue weighted by Gasteiger charge is -2.29. The summed E-state index contributed by atoms with van der Waals surface area (Å²) in [5.74, 6) is 1.02. The highest BCUT2D eigenvalue weighted by Gasteiger charge is 2.33. The lowest BCUT2D eigenvalue weighted by atomic mass is 9.99. The second kappa shape index (κ2) is 10.8. The molecule has 2 saturated heterocycles. The predicted molar refractivity (Wildman–Crippen MR) is 105 cm³/mol. The third-order valence-electron chi connectivity index (χ3n) is 5.17. The van der Waals surface area contributed by atoms with E-state index in [-0.39, 0.29) is 18.3 Å². The molecule has 146 valence electrons. The Bertz CT molecular complexity index is 540. The Labute approximate surface area is 162 Å². The second-order valence-corrected chi connectivity index (χ2v) is 7.21. The summed E-state index contributed by atoms with van der Waals surface area (Å²) in [7, 11) is 1.71. The van der Waals surface area contributed by atoms with Crippen molar-refractivity contribution < 1.29 is 14.3 Å². The van der Waals surface area contributed by atoms with E-state index < -0.39 is 0 Å². The van der Waals surface area contributed by atoms with E-state index in [0.29, 0.717) is 31.2 Å². The first kappa shape index (κ1) is 21.0. The zero-order valence-corrected chi connectivity index (χ0v) is 16.4. The number of methoxy groups -OCH3 is 1. The third-order valence-corrected chi connectivity index (χ3v) is 5.17. The van der Waals surface area contributed by atoms with E-state index in [1.807, 2.05) is 12.1 Å². The van der Waals surface area contributed by atoms with E-state index >= 15 is 0 Å². The fourth-order valence-corrected chi connectivity index (χ4v) is 3.87.